The first-order chi connectivity index (χ1) is 8.76. The summed E-state index contributed by atoms with van der Waals surface area (Å²) >= 11 is 0. The number of carbonyl (C=O) groups is 1. The van der Waals surface area contributed by atoms with Crippen LogP contribution in [0.25, 0.3) is 0 Å². The lowest BCUT2D eigenvalue weighted by Gasteiger charge is -2.39. The average Bonchev–Trinajstić information content (AvgIpc) is 2.75. The molecule has 0 aromatic carbocycles. The molecule has 0 saturated carbocycles. The van der Waals surface area contributed by atoms with Crippen molar-refractivity contribution in [3.8, 4) is 0 Å². The molecule has 3 nitrogen and oxygen atoms in total. The summed E-state index contributed by atoms with van der Waals surface area (Å²) in [4.78, 5) is 14.0. The number of nitrogens with zero attached hydrogens (tertiary/aromatic N) is 1. The third-order valence-electron chi connectivity index (χ3n) is 4.86. The van der Waals surface area contributed by atoms with Gasteiger partial charge in [-0.25, -0.2) is 0 Å². The minimum atomic E-state index is 0.161. The first-order valence-corrected chi connectivity index (χ1v) is 7.47. The Hall–Kier alpha value is -0.830. The maximum absolute atomic E-state index is 11.4. The molecule has 0 aromatic rings. The number of hydrogen-bond acceptors (Lipinski definition) is 2. The van der Waals surface area contributed by atoms with E-state index in [0.717, 1.165) is 38.8 Å². The van der Waals surface area contributed by atoms with Crippen LogP contribution in [0.2, 0.25) is 0 Å². The van der Waals surface area contributed by atoms with Gasteiger partial charge in [-0.05, 0) is 44.9 Å². The lowest BCUT2D eigenvalue weighted by Crippen LogP contribution is -2.51. The van der Waals surface area contributed by atoms with Gasteiger partial charge in [0.05, 0.1) is 0 Å². The van der Waals surface area contributed by atoms with Gasteiger partial charge in [0.1, 0.15) is 0 Å². The van der Waals surface area contributed by atoms with Gasteiger partial charge in [-0.1, -0.05) is 11.6 Å². The van der Waals surface area contributed by atoms with Crippen LogP contribution in [0.1, 0.15) is 51.4 Å². The van der Waals surface area contributed by atoms with Crippen LogP contribution in [0.4, 0.5) is 0 Å². The average molecular weight is 248 g/mol. The molecule has 1 N–H and O–H groups in total. The van der Waals surface area contributed by atoms with E-state index in [0.29, 0.717) is 0 Å². The van der Waals surface area contributed by atoms with Gasteiger partial charge in [0.2, 0.25) is 5.91 Å². The van der Waals surface area contributed by atoms with Crippen LogP contribution in [0.15, 0.2) is 11.6 Å². The van der Waals surface area contributed by atoms with E-state index in [2.05, 4.69) is 16.3 Å². The number of rotatable bonds is 2. The maximum Gasteiger partial charge on any atom is 0.220 e. The molecule has 3 aliphatic rings. The maximum atomic E-state index is 11.4. The van der Waals surface area contributed by atoms with Gasteiger partial charge in [0.15, 0.2) is 0 Å². The molecule has 0 bridgehead atoms. The van der Waals surface area contributed by atoms with Crippen molar-refractivity contribution in [3.63, 3.8) is 0 Å². The Kier molecular flexibility index (Phi) is 3.42. The molecule has 0 radical (unpaired) electrons. The zero-order valence-electron chi connectivity index (χ0n) is 11.2. The van der Waals surface area contributed by atoms with E-state index in [-0.39, 0.29) is 11.4 Å². The summed E-state index contributed by atoms with van der Waals surface area (Å²) in [5, 5.41) is 3.21. The van der Waals surface area contributed by atoms with Gasteiger partial charge in [0, 0.05) is 31.6 Å². The standard InChI is InChI=1S/C15H24N2O/c18-14-6-7-15(16-14)8-10-17(11-9-15)12-13-4-2-1-3-5-13/h4H,1-3,5-12H2,(H,16,18). The van der Waals surface area contributed by atoms with Crippen LogP contribution in [0.3, 0.4) is 0 Å². The molecule has 2 aliphatic heterocycles. The molecule has 1 spiro atoms. The molecule has 1 amide bonds. The van der Waals surface area contributed by atoms with Crippen LogP contribution in [-0.2, 0) is 4.79 Å². The van der Waals surface area contributed by atoms with Gasteiger partial charge in [-0.15, -0.1) is 0 Å². The van der Waals surface area contributed by atoms with E-state index < -0.39 is 0 Å². The smallest absolute Gasteiger partial charge is 0.220 e. The minimum Gasteiger partial charge on any atom is -0.351 e. The molecule has 2 saturated heterocycles. The second-order valence-corrected chi connectivity index (χ2v) is 6.21. The van der Waals surface area contributed by atoms with Crippen molar-refractivity contribution in [2.24, 2.45) is 0 Å². The van der Waals surface area contributed by atoms with Gasteiger partial charge in [-0.2, -0.15) is 0 Å². The Morgan fingerprint density at radius 1 is 1.17 bits per heavy atom. The van der Waals surface area contributed by atoms with E-state index >= 15 is 0 Å². The summed E-state index contributed by atoms with van der Waals surface area (Å²) in [6.07, 6.45) is 11.9. The predicted molar refractivity (Wildman–Crippen MR) is 72.3 cm³/mol. The molecule has 3 heteroatoms. The van der Waals surface area contributed by atoms with Crippen LogP contribution in [0.5, 0.6) is 0 Å². The summed E-state index contributed by atoms with van der Waals surface area (Å²) < 4.78 is 0. The van der Waals surface area contributed by atoms with Crippen molar-refractivity contribution < 1.29 is 4.79 Å². The van der Waals surface area contributed by atoms with Crippen molar-refractivity contribution in [2.75, 3.05) is 19.6 Å². The highest BCUT2D eigenvalue weighted by Crippen LogP contribution is 2.32. The summed E-state index contributed by atoms with van der Waals surface area (Å²) in [5.41, 5.74) is 1.81. The topological polar surface area (TPSA) is 32.3 Å². The fourth-order valence-corrected chi connectivity index (χ4v) is 3.62. The second-order valence-electron chi connectivity index (χ2n) is 6.21. The highest BCUT2D eigenvalue weighted by atomic mass is 16.2. The van der Waals surface area contributed by atoms with Crippen LogP contribution >= 0.6 is 0 Å². The third-order valence-corrected chi connectivity index (χ3v) is 4.86. The van der Waals surface area contributed by atoms with Crippen molar-refractivity contribution in [1.82, 2.24) is 10.2 Å². The molecule has 0 atom stereocenters. The summed E-state index contributed by atoms with van der Waals surface area (Å²) in [5.74, 6) is 0.262. The highest BCUT2D eigenvalue weighted by molar-refractivity contribution is 5.79. The first kappa shape index (κ1) is 12.2. The van der Waals surface area contributed by atoms with Crippen LogP contribution in [0, 0.1) is 0 Å². The Bertz CT molecular complexity index is 354. The Labute approximate surface area is 110 Å². The van der Waals surface area contributed by atoms with Crippen molar-refractivity contribution in [3.05, 3.63) is 11.6 Å². The number of amides is 1. The monoisotopic (exact) mass is 248 g/mol. The van der Waals surface area contributed by atoms with Crippen LogP contribution < -0.4 is 5.32 Å². The third kappa shape index (κ3) is 2.61. The van der Waals surface area contributed by atoms with E-state index in [1.165, 1.54) is 32.2 Å². The Morgan fingerprint density at radius 3 is 2.61 bits per heavy atom. The number of carbonyl (C=O) groups excluding carboxylic acids is 1. The van der Waals surface area contributed by atoms with Gasteiger partial charge < -0.3 is 5.32 Å². The number of nitrogens with one attached hydrogen (secondary N) is 1. The number of hydrogen-bond donors (Lipinski definition) is 1. The Morgan fingerprint density at radius 2 is 2.00 bits per heavy atom. The SMILES string of the molecule is O=C1CCC2(CCN(CC3=CCCCC3)CC2)N1. The number of allylic oxidation sites excluding steroid dienone is 1. The zero-order chi connectivity index (χ0) is 12.4. The lowest BCUT2D eigenvalue weighted by molar-refractivity contribution is -0.120. The molecular formula is C15H24N2O. The van der Waals surface area contributed by atoms with E-state index in [9.17, 15) is 4.79 Å². The zero-order valence-corrected chi connectivity index (χ0v) is 11.2. The van der Waals surface area contributed by atoms with Gasteiger partial charge in [0.25, 0.3) is 0 Å². The molecular weight excluding hydrogens is 224 g/mol. The largest absolute Gasteiger partial charge is 0.351 e. The summed E-state index contributed by atoms with van der Waals surface area (Å²) in [6.45, 7) is 3.47. The number of likely N-dealkylation sites (tertiary alicyclic amines) is 1. The second kappa shape index (κ2) is 5.04. The van der Waals surface area contributed by atoms with E-state index in [1.54, 1.807) is 5.57 Å². The number of piperidine rings is 1. The van der Waals surface area contributed by atoms with Gasteiger partial charge >= 0.3 is 0 Å². The molecule has 0 aromatic heterocycles. The van der Waals surface area contributed by atoms with Crippen LogP contribution in [-0.4, -0.2) is 36.0 Å². The molecule has 100 valence electrons. The highest BCUT2D eigenvalue weighted by Gasteiger charge is 2.40. The predicted octanol–water partition coefficient (Wildman–Crippen LogP) is 2.23. The summed E-state index contributed by atoms with van der Waals surface area (Å²) in [6, 6.07) is 0. The van der Waals surface area contributed by atoms with Crippen molar-refractivity contribution in [2.45, 2.75) is 56.9 Å². The minimum absolute atomic E-state index is 0.161. The first-order valence-electron chi connectivity index (χ1n) is 7.47. The quantitative estimate of drug-likeness (QED) is 0.760. The van der Waals surface area contributed by atoms with E-state index in [1.807, 2.05) is 0 Å². The van der Waals surface area contributed by atoms with E-state index in [4.69, 9.17) is 0 Å². The molecule has 2 fully saturated rings. The van der Waals surface area contributed by atoms with Crippen molar-refractivity contribution >= 4 is 5.91 Å². The fourth-order valence-electron chi connectivity index (χ4n) is 3.62. The van der Waals surface area contributed by atoms with Crippen molar-refractivity contribution in [1.29, 1.82) is 0 Å². The molecule has 18 heavy (non-hydrogen) atoms. The molecule has 0 unspecified atom stereocenters. The Balaban J connectivity index is 1.51. The molecule has 3 rings (SSSR count). The lowest BCUT2D eigenvalue weighted by atomic mass is 9.86. The fraction of sp³-hybridized carbons (Fsp3) is 0.800. The van der Waals surface area contributed by atoms with Gasteiger partial charge in [-0.3, -0.25) is 9.69 Å². The molecule has 1 aliphatic carbocycles. The summed E-state index contributed by atoms with van der Waals surface area (Å²) in [7, 11) is 0. The molecule has 2 heterocycles. The normalized spacial score (nSPS) is 28.2.